The number of aromatic hydroxyl groups is 1. The van der Waals surface area contributed by atoms with E-state index in [2.05, 4.69) is 37.2 Å². The van der Waals surface area contributed by atoms with E-state index in [0.29, 0.717) is 55.7 Å². The molecule has 2 aromatic carbocycles. The van der Waals surface area contributed by atoms with Crippen molar-refractivity contribution in [2.45, 2.75) is 108 Å². The maximum Gasteiger partial charge on any atom is 0.246 e. The minimum atomic E-state index is -1.60. The van der Waals surface area contributed by atoms with Gasteiger partial charge in [-0.1, -0.05) is 38.1 Å². The van der Waals surface area contributed by atoms with Gasteiger partial charge in [-0.05, 0) is 79.2 Å². The minimum absolute atomic E-state index is 0.0151. The molecule has 0 bridgehead atoms. The predicted molar refractivity (Wildman–Crippen MR) is 244 cm³/mol. The van der Waals surface area contributed by atoms with Crippen LogP contribution in [-0.4, -0.2) is 131 Å². The summed E-state index contributed by atoms with van der Waals surface area (Å²) < 4.78 is 13.9. The number of halogens is 1. The summed E-state index contributed by atoms with van der Waals surface area (Å²) >= 11 is 1.24. The summed E-state index contributed by atoms with van der Waals surface area (Å²) in [6.45, 7) is 4.20. The van der Waals surface area contributed by atoms with Crippen molar-refractivity contribution in [2.24, 2.45) is 17.4 Å². The monoisotopic (exact) mass is 939 g/mol. The number of hydrogen-bond acceptors (Lipinski definition) is 11. The number of thioether (sulfide) groups is 1. The molecule has 0 spiro atoms. The molecular weight excluding hydrogens is 878 g/mol. The van der Waals surface area contributed by atoms with Crippen molar-refractivity contribution in [1.29, 1.82) is 5.41 Å². The van der Waals surface area contributed by atoms with Crippen LogP contribution in [0.1, 0.15) is 69.9 Å². The lowest BCUT2D eigenvalue weighted by Gasteiger charge is -2.30. The number of likely N-dealkylation sites (tertiary alicyclic amines) is 1. The number of nitrogens with two attached hydrogens (primary N) is 2. The van der Waals surface area contributed by atoms with E-state index in [-0.39, 0.29) is 55.6 Å². The first-order valence-electron chi connectivity index (χ1n) is 22.0. The summed E-state index contributed by atoms with van der Waals surface area (Å²) in [5.41, 5.74) is 11.9. The number of nitrogens with zero attached hydrogens (tertiary/aromatic N) is 1. The van der Waals surface area contributed by atoms with Gasteiger partial charge in [0.1, 0.15) is 47.8 Å². The Morgan fingerprint density at radius 3 is 2.00 bits per heavy atom. The molecule has 2 saturated heterocycles. The largest absolute Gasteiger partial charge is 0.508 e. The highest BCUT2D eigenvalue weighted by molar-refractivity contribution is 7.99. The molecule has 13 N–H and O–H groups in total. The number of unbranched alkanes of at least 4 members (excludes halogenated alkanes) is 1. The number of phenols is 1. The Morgan fingerprint density at radius 2 is 1.38 bits per heavy atom. The van der Waals surface area contributed by atoms with Gasteiger partial charge in [0.25, 0.3) is 0 Å². The van der Waals surface area contributed by atoms with E-state index in [1.165, 1.54) is 53.1 Å². The molecule has 2 fully saturated rings. The average Bonchev–Trinajstić information content (AvgIpc) is 3.76. The first-order valence-corrected chi connectivity index (χ1v) is 23.1. The second kappa shape index (κ2) is 25.9. The van der Waals surface area contributed by atoms with Gasteiger partial charge < -0.3 is 58.7 Å². The third kappa shape index (κ3) is 16.8. The molecule has 20 nitrogen and oxygen atoms in total. The summed E-state index contributed by atoms with van der Waals surface area (Å²) in [7, 11) is 0. The summed E-state index contributed by atoms with van der Waals surface area (Å²) in [5.74, 6) is -6.87. The Kier molecular flexibility index (Phi) is 20.5. The fourth-order valence-corrected chi connectivity index (χ4v) is 8.41. The lowest BCUT2D eigenvalue weighted by atomic mass is 9.99. The summed E-state index contributed by atoms with van der Waals surface area (Å²) in [6, 6.07) is 3.58. The van der Waals surface area contributed by atoms with Gasteiger partial charge in [0.15, 0.2) is 5.96 Å². The van der Waals surface area contributed by atoms with Crippen LogP contribution in [-0.2, 0) is 51.2 Å². The van der Waals surface area contributed by atoms with E-state index < -0.39 is 95.8 Å². The van der Waals surface area contributed by atoms with Crippen LogP contribution in [0.3, 0.4) is 0 Å². The van der Waals surface area contributed by atoms with Gasteiger partial charge in [0.05, 0.1) is 6.42 Å². The van der Waals surface area contributed by atoms with E-state index in [1.807, 2.05) is 0 Å². The first kappa shape index (κ1) is 52.2. The van der Waals surface area contributed by atoms with Gasteiger partial charge in [-0.15, -0.1) is 0 Å². The van der Waals surface area contributed by atoms with Crippen LogP contribution >= 0.6 is 11.8 Å². The van der Waals surface area contributed by atoms with E-state index in [4.69, 9.17) is 16.9 Å². The summed E-state index contributed by atoms with van der Waals surface area (Å²) in [5, 5.41) is 35.9. The number of rotatable bonds is 14. The smallest absolute Gasteiger partial charge is 0.246 e. The minimum Gasteiger partial charge on any atom is -0.508 e. The number of carbonyl (C=O) groups excluding carboxylic acids is 8. The van der Waals surface area contributed by atoms with Crippen molar-refractivity contribution in [2.75, 3.05) is 31.1 Å². The molecule has 6 atom stereocenters. The Bertz CT molecular complexity index is 2040. The highest BCUT2D eigenvalue weighted by Crippen LogP contribution is 2.21. The zero-order valence-corrected chi connectivity index (χ0v) is 38.0. The highest BCUT2D eigenvalue weighted by Gasteiger charge is 2.39. The van der Waals surface area contributed by atoms with Crippen LogP contribution < -0.4 is 48.7 Å². The average molecular weight is 940 g/mol. The standard InChI is InChI=1S/C44H62FN11O9S/c1-25(2)37-42(64)53-32(23-35(46)58)39(61)54-33(43(65)56-19-5-7-34(56)41(63)49-17-3-4-18-50-44(47)48)24-66-20-6-8-36(59)51-30(21-27-11-15-29(57)16-12-27)38(60)52-31(40(62)55-37)22-26-9-13-28(45)14-10-26/h9-16,25,30-34,37,57H,3-8,17-24H2,1-2H3,(H2,46,58)(H,49,63)(H,51,59)(H,52,60)(H,53,64)(H,54,61)(H,55,62)(H4,47,48,50)/t30-,31-,32-,33-,34-,37-/m0/s1. The number of carbonyl (C=O) groups is 8. The molecule has 8 amide bonds. The van der Waals surface area contributed by atoms with Gasteiger partial charge in [0, 0.05) is 44.6 Å². The Labute approximate surface area is 387 Å². The molecule has 360 valence electrons. The molecule has 66 heavy (non-hydrogen) atoms. The molecule has 0 aromatic heterocycles. The summed E-state index contributed by atoms with van der Waals surface area (Å²) in [4.78, 5) is 111. The van der Waals surface area contributed by atoms with Crippen molar-refractivity contribution in [3.63, 3.8) is 0 Å². The van der Waals surface area contributed by atoms with Crippen LogP contribution in [0.25, 0.3) is 0 Å². The highest BCUT2D eigenvalue weighted by atomic mass is 32.2. The maximum atomic E-state index is 14.3. The molecule has 2 aliphatic rings. The number of phenolic OH excluding ortho intramolecular Hbond substituents is 1. The number of hydrogen-bond donors (Lipinski definition) is 11. The molecule has 0 unspecified atom stereocenters. The molecule has 0 aliphatic carbocycles. The lowest BCUT2D eigenvalue weighted by Crippen LogP contribution is -2.61. The SMILES string of the molecule is CC(C)[C@@H]1NC(=O)[C@H](Cc2ccc(F)cc2)NC(=O)[C@H](Cc2ccc(O)cc2)NC(=O)CCCSC[C@@H](C(=O)N2CCC[C@H]2C(=O)NCCCCNC(=N)N)NC(=O)[C@H](CC(N)=O)NC1=O. The molecule has 22 heteroatoms. The first-order chi connectivity index (χ1) is 31.4. The third-order valence-corrected chi connectivity index (χ3v) is 12.1. The van der Waals surface area contributed by atoms with Crippen LogP contribution in [0.2, 0.25) is 0 Å². The normalized spacial score (nSPS) is 22.8. The third-order valence-electron chi connectivity index (χ3n) is 10.9. The van der Waals surface area contributed by atoms with Crippen molar-refractivity contribution < 1.29 is 47.9 Å². The number of guanidine groups is 1. The topological polar surface area (TPSA) is 320 Å². The van der Waals surface area contributed by atoms with Crippen molar-refractivity contribution >= 4 is 65.0 Å². The molecule has 0 saturated carbocycles. The van der Waals surface area contributed by atoms with Crippen LogP contribution in [0.15, 0.2) is 48.5 Å². The maximum absolute atomic E-state index is 14.3. The number of primary amides is 1. The zero-order valence-electron chi connectivity index (χ0n) is 37.2. The second-order valence-electron chi connectivity index (χ2n) is 16.6. The van der Waals surface area contributed by atoms with Crippen LogP contribution in [0.5, 0.6) is 5.75 Å². The predicted octanol–water partition coefficient (Wildman–Crippen LogP) is -0.831. The van der Waals surface area contributed by atoms with E-state index in [0.717, 1.165) is 0 Å². The quantitative estimate of drug-likeness (QED) is 0.0629. The molecular formula is C44H62FN11O9S. The Morgan fingerprint density at radius 1 is 0.803 bits per heavy atom. The number of amides is 8. The molecule has 2 aromatic rings. The number of nitrogens with one attached hydrogen (secondary N) is 8. The van der Waals surface area contributed by atoms with Gasteiger partial charge in [-0.2, -0.15) is 11.8 Å². The molecule has 4 rings (SSSR count). The summed E-state index contributed by atoms with van der Waals surface area (Å²) in [6.07, 6.45) is 1.41. The zero-order chi connectivity index (χ0) is 48.3. The lowest BCUT2D eigenvalue weighted by molar-refractivity contribution is -0.141. The van der Waals surface area contributed by atoms with Crippen LogP contribution in [0.4, 0.5) is 4.39 Å². The molecule has 0 radical (unpaired) electrons. The van der Waals surface area contributed by atoms with E-state index in [9.17, 15) is 47.9 Å². The fraction of sp³-hybridized carbons (Fsp3) is 0.523. The van der Waals surface area contributed by atoms with Crippen LogP contribution in [0, 0.1) is 17.1 Å². The fourth-order valence-electron chi connectivity index (χ4n) is 7.43. The second-order valence-corrected chi connectivity index (χ2v) is 17.8. The Balaban J connectivity index is 1.63. The van der Waals surface area contributed by atoms with Crippen molar-refractivity contribution in [1.82, 2.24) is 42.1 Å². The number of benzene rings is 2. The van der Waals surface area contributed by atoms with Gasteiger partial charge >= 0.3 is 0 Å². The molecule has 2 heterocycles. The van der Waals surface area contributed by atoms with E-state index in [1.54, 1.807) is 26.0 Å². The molecule has 2 aliphatic heterocycles. The van der Waals surface area contributed by atoms with Gasteiger partial charge in [-0.3, -0.25) is 43.8 Å². The van der Waals surface area contributed by atoms with Crippen molar-refractivity contribution in [3.8, 4) is 5.75 Å². The van der Waals surface area contributed by atoms with Gasteiger partial charge in [0.2, 0.25) is 47.3 Å². The van der Waals surface area contributed by atoms with E-state index >= 15 is 0 Å². The van der Waals surface area contributed by atoms with Gasteiger partial charge in [-0.25, -0.2) is 4.39 Å². The Hall–Kier alpha value is -6.45. The van der Waals surface area contributed by atoms with Crippen molar-refractivity contribution in [3.05, 3.63) is 65.5 Å².